The fraction of sp³-hybridized carbons (Fsp3) is 0.385. The number of rotatable bonds is 10. The van der Waals surface area contributed by atoms with Gasteiger partial charge in [-0.1, -0.05) is 18.2 Å². The number of carbonyl (C=O) groups is 2. The Morgan fingerprint density at radius 1 is 1.09 bits per heavy atom. The van der Waals surface area contributed by atoms with Gasteiger partial charge in [-0.05, 0) is 55.2 Å². The molecule has 0 bridgehead atoms. The summed E-state index contributed by atoms with van der Waals surface area (Å²) in [6.07, 6.45) is 4.73. The van der Waals surface area contributed by atoms with Crippen molar-refractivity contribution in [2.75, 3.05) is 33.9 Å². The van der Waals surface area contributed by atoms with Crippen molar-refractivity contribution in [1.29, 1.82) is 0 Å². The third-order valence-electron chi connectivity index (χ3n) is 6.17. The maximum Gasteiger partial charge on any atom is 0.251 e. The van der Waals surface area contributed by atoms with E-state index >= 15 is 0 Å². The highest BCUT2D eigenvalue weighted by molar-refractivity contribution is 5.89. The summed E-state index contributed by atoms with van der Waals surface area (Å²) in [5.41, 5.74) is 5.48. The van der Waals surface area contributed by atoms with Crippen LogP contribution in [0.5, 0.6) is 17.2 Å². The Morgan fingerprint density at radius 2 is 1.86 bits per heavy atom. The summed E-state index contributed by atoms with van der Waals surface area (Å²) in [5, 5.41) is 4.72. The normalized spacial score (nSPS) is 18.9. The van der Waals surface area contributed by atoms with E-state index in [1.54, 1.807) is 20.4 Å². The van der Waals surface area contributed by atoms with Crippen LogP contribution in [0.3, 0.4) is 0 Å². The monoisotopic (exact) mass is 480 g/mol. The fourth-order valence-corrected chi connectivity index (χ4v) is 4.34. The Hall–Kier alpha value is -3.72. The minimum Gasteiger partial charge on any atom is -0.494 e. The van der Waals surface area contributed by atoms with Gasteiger partial charge < -0.3 is 29.4 Å². The number of hydrogen-bond donors (Lipinski definition) is 2. The van der Waals surface area contributed by atoms with Gasteiger partial charge in [0.1, 0.15) is 18.3 Å². The molecule has 0 spiro atoms. The molecule has 2 unspecified atom stereocenters. The third-order valence-corrected chi connectivity index (χ3v) is 6.17. The largest absolute Gasteiger partial charge is 0.494 e. The van der Waals surface area contributed by atoms with Crippen LogP contribution < -0.4 is 25.0 Å². The highest BCUT2D eigenvalue weighted by Gasteiger charge is 2.40. The molecule has 4 rings (SSSR count). The van der Waals surface area contributed by atoms with Gasteiger partial charge in [0.2, 0.25) is 5.91 Å². The van der Waals surface area contributed by atoms with Crippen molar-refractivity contribution in [1.82, 2.24) is 20.7 Å². The molecule has 1 saturated heterocycles. The van der Waals surface area contributed by atoms with Crippen LogP contribution >= 0.6 is 0 Å². The van der Waals surface area contributed by atoms with Crippen LogP contribution in [-0.4, -0.2) is 61.7 Å². The first-order chi connectivity index (χ1) is 17.0. The average molecular weight is 481 g/mol. The van der Waals surface area contributed by atoms with Crippen LogP contribution in [0.1, 0.15) is 30.5 Å². The van der Waals surface area contributed by atoms with Crippen LogP contribution in [0.25, 0.3) is 0 Å². The number of amides is 2. The number of nitrogens with one attached hydrogen (secondary N) is 2. The topological polar surface area (TPSA) is 92.4 Å². The number of ether oxygens (including phenoxy) is 3. The van der Waals surface area contributed by atoms with Crippen molar-refractivity contribution in [2.24, 2.45) is 0 Å². The molecule has 0 radical (unpaired) electrons. The zero-order chi connectivity index (χ0) is 24.8. The standard InChI is InChI=1S/C26H32N4O5/c1-4-35-20-8-6-19(7-9-20)21-16-22-26(32)29(13-14-30(22)28-21)17-25(31)27-12-11-18-5-10-23(33-2)24(15-18)34-3/h5-10,13-15,21-22,28H,4,11-12,16-17H2,1-3H3,(H,27,31). The van der Waals surface area contributed by atoms with Gasteiger partial charge in [-0.25, -0.2) is 5.43 Å². The summed E-state index contributed by atoms with van der Waals surface area (Å²) in [6, 6.07) is 13.2. The quantitative estimate of drug-likeness (QED) is 0.540. The van der Waals surface area contributed by atoms with E-state index in [1.165, 1.54) is 4.90 Å². The van der Waals surface area contributed by atoms with Gasteiger partial charge in [0, 0.05) is 18.9 Å². The van der Waals surface area contributed by atoms with Gasteiger partial charge in [-0.15, -0.1) is 0 Å². The summed E-state index contributed by atoms with van der Waals surface area (Å²) in [6.45, 7) is 3.01. The molecule has 1 fully saturated rings. The summed E-state index contributed by atoms with van der Waals surface area (Å²) in [4.78, 5) is 27.0. The lowest BCUT2D eigenvalue weighted by Crippen LogP contribution is -2.50. The molecule has 2 heterocycles. The van der Waals surface area contributed by atoms with Gasteiger partial charge in [0.05, 0.1) is 26.9 Å². The maximum atomic E-state index is 13.1. The lowest BCUT2D eigenvalue weighted by molar-refractivity contribution is -0.138. The first kappa shape index (κ1) is 24.4. The van der Waals surface area contributed by atoms with Crippen molar-refractivity contribution in [3.8, 4) is 17.2 Å². The molecular weight excluding hydrogens is 448 g/mol. The Balaban J connectivity index is 1.27. The van der Waals surface area contributed by atoms with Crippen molar-refractivity contribution in [2.45, 2.75) is 31.8 Å². The molecule has 35 heavy (non-hydrogen) atoms. The molecule has 2 N–H and O–H groups in total. The first-order valence-corrected chi connectivity index (χ1v) is 11.8. The summed E-state index contributed by atoms with van der Waals surface area (Å²) >= 11 is 0. The third kappa shape index (κ3) is 5.68. The minimum absolute atomic E-state index is 0.0135. The molecule has 186 valence electrons. The highest BCUT2D eigenvalue weighted by atomic mass is 16.5. The summed E-state index contributed by atoms with van der Waals surface area (Å²) < 4.78 is 16.1. The van der Waals surface area contributed by atoms with Crippen LogP contribution in [-0.2, 0) is 16.0 Å². The number of hydrazine groups is 1. The lowest BCUT2D eigenvalue weighted by atomic mass is 10.0. The number of hydrogen-bond acceptors (Lipinski definition) is 7. The van der Waals surface area contributed by atoms with E-state index in [2.05, 4.69) is 10.7 Å². The smallest absolute Gasteiger partial charge is 0.251 e. The molecule has 0 saturated carbocycles. The van der Waals surface area contributed by atoms with E-state index in [9.17, 15) is 9.59 Å². The fourth-order valence-electron chi connectivity index (χ4n) is 4.34. The van der Waals surface area contributed by atoms with E-state index in [0.29, 0.717) is 37.5 Å². The van der Waals surface area contributed by atoms with E-state index in [-0.39, 0.29) is 30.4 Å². The number of methoxy groups -OCH3 is 2. The van der Waals surface area contributed by atoms with E-state index in [4.69, 9.17) is 14.2 Å². The van der Waals surface area contributed by atoms with E-state index in [1.807, 2.05) is 60.6 Å². The van der Waals surface area contributed by atoms with Crippen molar-refractivity contribution >= 4 is 11.8 Å². The Kier molecular flexibility index (Phi) is 7.77. The minimum atomic E-state index is -0.351. The second kappa shape index (κ2) is 11.1. The second-order valence-corrected chi connectivity index (χ2v) is 8.40. The van der Waals surface area contributed by atoms with Gasteiger partial charge in [0.15, 0.2) is 11.5 Å². The summed E-state index contributed by atoms with van der Waals surface area (Å²) in [5.74, 6) is 1.84. The molecule has 9 heteroatoms. The molecule has 0 aliphatic carbocycles. The van der Waals surface area contributed by atoms with Crippen LogP contribution in [0.4, 0.5) is 0 Å². The maximum absolute atomic E-state index is 13.1. The number of fused-ring (bicyclic) bond motifs is 1. The molecule has 9 nitrogen and oxygen atoms in total. The molecule has 2 amide bonds. The summed E-state index contributed by atoms with van der Waals surface area (Å²) in [7, 11) is 3.18. The van der Waals surface area contributed by atoms with Crippen LogP contribution in [0, 0.1) is 0 Å². The van der Waals surface area contributed by atoms with Gasteiger partial charge in [0.25, 0.3) is 5.91 Å². The molecule has 2 aliphatic rings. The van der Waals surface area contributed by atoms with Crippen LogP contribution in [0.15, 0.2) is 54.9 Å². The number of benzene rings is 2. The van der Waals surface area contributed by atoms with Gasteiger partial charge in [-0.2, -0.15) is 0 Å². The molecule has 2 atom stereocenters. The number of nitrogens with zero attached hydrogens (tertiary/aromatic N) is 2. The predicted octanol–water partition coefficient (Wildman–Crippen LogP) is 2.39. The molecule has 2 aromatic carbocycles. The van der Waals surface area contributed by atoms with Gasteiger partial charge >= 0.3 is 0 Å². The van der Waals surface area contributed by atoms with Crippen LogP contribution in [0.2, 0.25) is 0 Å². The zero-order valence-corrected chi connectivity index (χ0v) is 20.3. The van der Waals surface area contributed by atoms with Crippen molar-refractivity contribution in [3.63, 3.8) is 0 Å². The van der Waals surface area contributed by atoms with Crippen molar-refractivity contribution in [3.05, 3.63) is 66.0 Å². The highest BCUT2D eigenvalue weighted by Crippen LogP contribution is 2.31. The molecule has 2 aromatic rings. The molecular formula is C26H32N4O5. The van der Waals surface area contributed by atoms with E-state index < -0.39 is 0 Å². The van der Waals surface area contributed by atoms with Gasteiger partial charge in [-0.3, -0.25) is 9.59 Å². The number of carbonyl (C=O) groups excluding carboxylic acids is 2. The Labute approximate surface area is 205 Å². The van der Waals surface area contributed by atoms with E-state index in [0.717, 1.165) is 16.9 Å². The van der Waals surface area contributed by atoms with Crippen molar-refractivity contribution < 1.29 is 23.8 Å². The average Bonchev–Trinajstić information content (AvgIpc) is 3.31. The Bertz CT molecular complexity index is 1070. The predicted molar refractivity (Wildman–Crippen MR) is 131 cm³/mol. The SMILES string of the molecule is CCOc1ccc(C2CC3C(=O)N(CC(=O)NCCc4ccc(OC)c(OC)c4)C=CN3N2)cc1. The Morgan fingerprint density at radius 3 is 2.57 bits per heavy atom. The first-order valence-electron chi connectivity index (χ1n) is 11.8. The molecule has 0 aromatic heterocycles. The lowest BCUT2D eigenvalue weighted by Gasteiger charge is -2.31. The molecule has 2 aliphatic heterocycles. The second-order valence-electron chi connectivity index (χ2n) is 8.40. The zero-order valence-electron chi connectivity index (χ0n) is 20.3.